The number of ether oxygens (including phenoxy) is 2. The third-order valence-electron chi connectivity index (χ3n) is 4.27. The van der Waals surface area contributed by atoms with Gasteiger partial charge in [0, 0.05) is 12.1 Å². The molecule has 0 atom stereocenters. The van der Waals surface area contributed by atoms with Crippen molar-refractivity contribution < 1.29 is 19.1 Å². The molecular formula is C21H23N5O4S. The Morgan fingerprint density at radius 3 is 2.45 bits per heavy atom. The van der Waals surface area contributed by atoms with Crippen molar-refractivity contribution in [2.24, 2.45) is 0 Å². The lowest BCUT2D eigenvalue weighted by Gasteiger charge is -2.07. The number of amides is 1. The average molecular weight is 442 g/mol. The maximum atomic E-state index is 12.2. The van der Waals surface area contributed by atoms with Gasteiger partial charge < -0.3 is 20.6 Å². The molecule has 10 heteroatoms. The van der Waals surface area contributed by atoms with Gasteiger partial charge in [-0.3, -0.25) is 4.79 Å². The number of rotatable bonds is 9. The standard InChI is InChI=1S/C21H23N5O4S/c1-3-30-20(28)15-6-8-16(9-7-15)23-19(27)13-31-21-25-24-18(26(21)22)12-14-4-10-17(29-2)11-5-14/h4-11H,3,12-13,22H2,1-2H3,(H,23,27). The molecule has 0 saturated heterocycles. The van der Waals surface area contributed by atoms with Crippen molar-refractivity contribution in [3.8, 4) is 5.75 Å². The predicted octanol–water partition coefficient (Wildman–Crippen LogP) is 2.50. The maximum absolute atomic E-state index is 12.2. The summed E-state index contributed by atoms with van der Waals surface area (Å²) in [6.07, 6.45) is 0.507. The first-order valence-corrected chi connectivity index (χ1v) is 10.5. The third-order valence-corrected chi connectivity index (χ3v) is 5.21. The summed E-state index contributed by atoms with van der Waals surface area (Å²) in [4.78, 5) is 23.9. The molecule has 1 amide bonds. The molecule has 0 saturated carbocycles. The summed E-state index contributed by atoms with van der Waals surface area (Å²) >= 11 is 1.18. The summed E-state index contributed by atoms with van der Waals surface area (Å²) in [6, 6.07) is 14.1. The summed E-state index contributed by atoms with van der Waals surface area (Å²) in [5, 5.41) is 11.4. The number of hydrogen-bond donors (Lipinski definition) is 2. The summed E-state index contributed by atoms with van der Waals surface area (Å²) < 4.78 is 11.5. The van der Waals surface area contributed by atoms with Gasteiger partial charge in [-0.25, -0.2) is 9.47 Å². The number of carbonyl (C=O) groups excluding carboxylic acids is 2. The van der Waals surface area contributed by atoms with Crippen molar-refractivity contribution in [1.82, 2.24) is 14.9 Å². The van der Waals surface area contributed by atoms with Crippen LogP contribution in [0.15, 0.2) is 53.7 Å². The van der Waals surface area contributed by atoms with Crippen molar-refractivity contribution in [1.29, 1.82) is 0 Å². The highest BCUT2D eigenvalue weighted by atomic mass is 32.2. The van der Waals surface area contributed by atoms with Gasteiger partial charge in [-0.05, 0) is 48.9 Å². The van der Waals surface area contributed by atoms with Crippen LogP contribution in [0.2, 0.25) is 0 Å². The van der Waals surface area contributed by atoms with E-state index in [0.717, 1.165) is 11.3 Å². The largest absolute Gasteiger partial charge is 0.497 e. The minimum atomic E-state index is -0.399. The molecule has 31 heavy (non-hydrogen) atoms. The topological polar surface area (TPSA) is 121 Å². The van der Waals surface area contributed by atoms with E-state index in [-0.39, 0.29) is 11.7 Å². The van der Waals surface area contributed by atoms with Gasteiger partial charge in [0.05, 0.1) is 25.0 Å². The highest BCUT2D eigenvalue weighted by Gasteiger charge is 2.13. The van der Waals surface area contributed by atoms with E-state index in [1.165, 1.54) is 16.4 Å². The third kappa shape index (κ3) is 5.98. The molecule has 0 unspecified atom stereocenters. The Bertz CT molecular complexity index is 1030. The van der Waals surface area contributed by atoms with Crippen molar-refractivity contribution in [3.05, 3.63) is 65.5 Å². The lowest BCUT2D eigenvalue weighted by molar-refractivity contribution is -0.113. The molecule has 3 rings (SSSR count). The summed E-state index contributed by atoms with van der Waals surface area (Å²) in [7, 11) is 1.61. The van der Waals surface area contributed by atoms with Crippen LogP contribution in [0.5, 0.6) is 5.75 Å². The van der Waals surface area contributed by atoms with Gasteiger partial charge in [0.2, 0.25) is 11.1 Å². The zero-order valence-electron chi connectivity index (χ0n) is 17.2. The molecule has 0 aliphatic carbocycles. The fraction of sp³-hybridized carbons (Fsp3) is 0.238. The zero-order chi connectivity index (χ0) is 22.2. The molecule has 3 N–H and O–H groups in total. The van der Waals surface area contributed by atoms with Crippen molar-refractivity contribution in [2.75, 3.05) is 30.6 Å². The first-order valence-electron chi connectivity index (χ1n) is 9.52. The van der Waals surface area contributed by atoms with Gasteiger partial charge in [-0.2, -0.15) is 0 Å². The molecule has 9 nitrogen and oxygen atoms in total. The Balaban J connectivity index is 1.52. The van der Waals surface area contributed by atoms with E-state index in [1.807, 2.05) is 24.3 Å². The quantitative estimate of drug-likeness (QED) is 0.295. The minimum absolute atomic E-state index is 0.109. The highest BCUT2D eigenvalue weighted by Crippen LogP contribution is 2.18. The number of nitrogens with one attached hydrogen (secondary N) is 1. The number of methoxy groups -OCH3 is 1. The number of nitrogens with two attached hydrogens (primary N) is 1. The fourth-order valence-electron chi connectivity index (χ4n) is 2.68. The van der Waals surface area contributed by atoms with Crippen molar-refractivity contribution >= 4 is 29.3 Å². The Labute approximate surface area is 183 Å². The Hall–Kier alpha value is -3.53. The SMILES string of the molecule is CCOC(=O)c1ccc(NC(=O)CSc2nnc(Cc3ccc(OC)cc3)n2N)cc1. The molecule has 162 valence electrons. The zero-order valence-corrected chi connectivity index (χ0v) is 18.0. The fourth-order valence-corrected chi connectivity index (χ4v) is 3.36. The Morgan fingerprint density at radius 2 is 1.81 bits per heavy atom. The van der Waals surface area contributed by atoms with Crippen LogP contribution >= 0.6 is 11.8 Å². The minimum Gasteiger partial charge on any atom is -0.497 e. The molecule has 0 aliphatic rings. The molecule has 0 fully saturated rings. The number of carbonyl (C=O) groups is 2. The number of esters is 1. The van der Waals surface area contributed by atoms with Crippen LogP contribution in [0.3, 0.4) is 0 Å². The van der Waals surface area contributed by atoms with Crippen LogP contribution in [0.25, 0.3) is 0 Å². The molecule has 1 aromatic heterocycles. The maximum Gasteiger partial charge on any atom is 0.338 e. The van der Waals surface area contributed by atoms with E-state index < -0.39 is 5.97 Å². The van der Waals surface area contributed by atoms with Crippen molar-refractivity contribution in [3.63, 3.8) is 0 Å². The number of aromatic nitrogens is 3. The average Bonchev–Trinajstić information content (AvgIpc) is 3.12. The second-order valence-electron chi connectivity index (χ2n) is 6.43. The summed E-state index contributed by atoms with van der Waals surface area (Å²) in [5.41, 5.74) is 2.02. The van der Waals surface area contributed by atoms with E-state index in [9.17, 15) is 9.59 Å². The normalized spacial score (nSPS) is 10.5. The van der Waals surface area contributed by atoms with E-state index in [4.69, 9.17) is 15.3 Å². The van der Waals surface area contributed by atoms with Gasteiger partial charge in [-0.1, -0.05) is 23.9 Å². The van der Waals surface area contributed by atoms with E-state index in [0.29, 0.717) is 35.3 Å². The number of nitrogen functional groups attached to an aromatic ring is 1. The molecule has 0 radical (unpaired) electrons. The van der Waals surface area contributed by atoms with E-state index in [2.05, 4.69) is 15.5 Å². The molecule has 0 spiro atoms. The van der Waals surface area contributed by atoms with Crippen LogP contribution in [0.4, 0.5) is 5.69 Å². The van der Waals surface area contributed by atoms with Crippen LogP contribution in [0.1, 0.15) is 28.7 Å². The van der Waals surface area contributed by atoms with Gasteiger partial charge in [0.15, 0.2) is 5.82 Å². The molecule has 0 aliphatic heterocycles. The Morgan fingerprint density at radius 1 is 1.10 bits per heavy atom. The Kier molecular flexibility index (Phi) is 7.50. The lowest BCUT2D eigenvalue weighted by Crippen LogP contribution is -2.17. The van der Waals surface area contributed by atoms with Gasteiger partial charge in [0.1, 0.15) is 5.75 Å². The van der Waals surface area contributed by atoms with Crippen LogP contribution < -0.4 is 15.9 Å². The number of anilines is 1. The van der Waals surface area contributed by atoms with Crippen molar-refractivity contribution in [2.45, 2.75) is 18.5 Å². The highest BCUT2D eigenvalue weighted by molar-refractivity contribution is 7.99. The second-order valence-corrected chi connectivity index (χ2v) is 7.37. The van der Waals surface area contributed by atoms with E-state index in [1.54, 1.807) is 38.3 Å². The lowest BCUT2D eigenvalue weighted by atomic mass is 10.1. The molecule has 0 bridgehead atoms. The summed E-state index contributed by atoms with van der Waals surface area (Å²) in [6.45, 7) is 2.05. The molecule has 2 aromatic carbocycles. The van der Waals surface area contributed by atoms with Gasteiger partial charge in [-0.15, -0.1) is 10.2 Å². The number of nitrogens with zero attached hydrogens (tertiary/aromatic N) is 3. The second kappa shape index (κ2) is 10.5. The van der Waals surface area contributed by atoms with Crippen LogP contribution in [-0.4, -0.2) is 46.2 Å². The van der Waals surface area contributed by atoms with Gasteiger partial charge >= 0.3 is 5.97 Å². The number of hydrogen-bond acceptors (Lipinski definition) is 8. The van der Waals surface area contributed by atoms with Gasteiger partial charge in [0.25, 0.3) is 0 Å². The smallest absolute Gasteiger partial charge is 0.338 e. The first kappa shape index (κ1) is 22.2. The molecular weight excluding hydrogens is 418 g/mol. The predicted molar refractivity (Wildman–Crippen MR) is 118 cm³/mol. The van der Waals surface area contributed by atoms with Crippen LogP contribution in [0, 0.1) is 0 Å². The van der Waals surface area contributed by atoms with E-state index >= 15 is 0 Å². The molecule has 3 aromatic rings. The first-order chi connectivity index (χ1) is 15.0. The molecule has 1 heterocycles. The monoisotopic (exact) mass is 441 g/mol. The number of benzene rings is 2. The number of thioether (sulfide) groups is 1. The van der Waals surface area contributed by atoms with Crippen LogP contribution in [-0.2, 0) is 16.0 Å². The summed E-state index contributed by atoms with van der Waals surface area (Å²) in [5.74, 6) is 6.93.